The van der Waals surface area contributed by atoms with E-state index in [-0.39, 0.29) is 18.0 Å². The number of nitrogens with one attached hydrogen (secondary N) is 2. The minimum Gasteiger partial charge on any atom is -0.462 e. The zero-order chi connectivity index (χ0) is 12.3. The number of esters is 1. The van der Waals surface area contributed by atoms with Crippen LogP contribution < -0.4 is 5.56 Å². The van der Waals surface area contributed by atoms with Crippen LogP contribution in [0.1, 0.15) is 17.3 Å². The lowest BCUT2D eigenvalue weighted by atomic mass is 10.3. The first kappa shape index (κ1) is 11.1. The fourth-order valence-corrected chi connectivity index (χ4v) is 1.26. The van der Waals surface area contributed by atoms with E-state index in [1.165, 1.54) is 12.4 Å². The van der Waals surface area contributed by atoms with E-state index in [1.54, 1.807) is 13.1 Å². The van der Waals surface area contributed by atoms with Crippen molar-refractivity contribution in [2.45, 2.75) is 6.92 Å². The average Bonchev–Trinajstić information content (AvgIpc) is 2.82. The molecule has 0 amide bonds. The third kappa shape index (κ3) is 2.22. The molecule has 2 aromatic heterocycles. The topological polar surface area (TPSA) is 101 Å². The fourth-order valence-electron chi connectivity index (χ4n) is 1.26. The van der Waals surface area contributed by atoms with Gasteiger partial charge in [-0.25, -0.2) is 14.8 Å². The summed E-state index contributed by atoms with van der Waals surface area (Å²) in [6, 6.07) is 0. The summed E-state index contributed by atoms with van der Waals surface area (Å²) in [5, 5.41) is 0. The molecule has 0 aromatic carbocycles. The van der Waals surface area contributed by atoms with Crippen molar-refractivity contribution >= 4 is 5.97 Å². The monoisotopic (exact) mass is 234 g/mol. The van der Waals surface area contributed by atoms with Gasteiger partial charge in [-0.3, -0.25) is 4.79 Å². The number of rotatable bonds is 3. The van der Waals surface area contributed by atoms with Gasteiger partial charge in [0, 0.05) is 18.6 Å². The van der Waals surface area contributed by atoms with Gasteiger partial charge in [-0.05, 0) is 6.92 Å². The van der Waals surface area contributed by atoms with Crippen LogP contribution in [0.5, 0.6) is 0 Å². The highest BCUT2D eigenvalue weighted by Crippen LogP contribution is 2.05. The van der Waals surface area contributed by atoms with Crippen LogP contribution >= 0.6 is 0 Å². The highest BCUT2D eigenvalue weighted by molar-refractivity contribution is 5.88. The second-order valence-electron chi connectivity index (χ2n) is 3.13. The maximum atomic E-state index is 11.6. The molecule has 0 aliphatic carbocycles. The minimum atomic E-state index is -0.688. The predicted octanol–water partition coefficient (Wildman–Crippen LogP) is 0.337. The first-order valence-electron chi connectivity index (χ1n) is 4.98. The number of ether oxygens (including phenoxy) is 1. The molecular weight excluding hydrogens is 224 g/mol. The molecule has 2 heterocycles. The van der Waals surface area contributed by atoms with E-state index in [1.807, 2.05) is 0 Å². The third-order valence-corrected chi connectivity index (χ3v) is 2.02. The summed E-state index contributed by atoms with van der Waals surface area (Å²) >= 11 is 0. The molecular formula is C10H10N4O3. The number of carbonyl (C=O) groups is 1. The number of H-pyrrole nitrogens is 2. The van der Waals surface area contributed by atoms with Crippen molar-refractivity contribution in [3.63, 3.8) is 0 Å². The van der Waals surface area contributed by atoms with Crippen LogP contribution in [-0.4, -0.2) is 32.5 Å². The Kier molecular flexibility index (Phi) is 2.99. The van der Waals surface area contributed by atoms with Gasteiger partial charge in [0.25, 0.3) is 5.56 Å². The lowest BCUT2D eigenvalue weighted by molar-refractivity contribution is 0.0524. The van der Waals surface area contributed by atoms with Crippen molar-refractivity contribution < 1.29 is 9.53 Å². The summed E-state index contributed by atoms with van der Waals surface area (Å²) in [5.74, 6) is 0.0119. The van der Waals surface area contributed by atoms with Gasteiger partial charge in [0.05, 0.1) is 6.61 Å². The van der Waals surface area contributed by atoms with Crippen molar-refractivity contribution in [3.8, 4) is 11.6 Å². The molecule has 0 aliphatic rings. The van der Waals surface area contributed by atoms with Crippen molar-refractivity contribution in [3.05, 3.63) is 34.5 Å². The first-order chi connectivity index (χ1) is 8.22. The molecule has 2 rings (SSSR count). The molecule has 0 fully saturated rings. The van der Waals surface area contributed by atoms with Crippen molar-refractivity contribution in [2.24, 2.45) is 0 Å². The first-order valence-corrected chi connectivity index (χ1v) is 4.98. The van der Waals surface area contributed by atoms with Crippen LogP contribution in [0, 0.1) is 0 Å². The van der Waals surface area contributed by atoms with Crippen molar-refractivity contribution in [2.75, 3.05) is 6.61 Å². The average molecular weight is 234 g/mol. The van der Waals surface area contributed by atoms with Gasteiger partial charge in [0.2, 0.25) is 0 Å². The molecule has 0 radical (unpaired) electrons. The molecule has 0 unspecified atom stereocenters. The Balaban J connectivity index is 2.36. The van der Waals surface area contributed by atoms with Gasteiger partial charge in [-0.2, -0.15) is 0 Å². The summed E-state index contributed by atoms with van der Waals surface area (Å²) in [6.45, 7) is 1.87. The van der Waals surface area contributed by atoms with E-state index in [0.29, 0.717) is 5.82 Å². The molecule has 0 bridgehead atoms. The second-order valence-corrected chi connectivity index (χ2v) is 3.13. The number of carbonyl (C=O) groups excluding carboxylic acids is 1. The van der Waals surface area contributed by atoms with Gasteiger partial charge in [-0.15, -0.1) is 0 Å². The van der Waals surface area contributed by atoms with E-state index in [0.717, 1.165) is 0 Å². The lowest BCUT2D eigenvalue weighted by Crippen LogP contribution is -2.21. The summed E-state index contributed by atoms with van der Waals surface area (Å²) in [5.41, 5.74) is -0.674. The summed E-state index contributed by atoms with van der Waals surface area (Å²) in [4.78, 5) is 36.1. The molecule has 17 heavy (non-hydrogen) atoms. The normalized spacial score (nSPS) is 10.2. The predicted molar refractivity (Wildman–Crippen MR) is 58.4 cm³/mol. The number of nitrogens with zero attached hydrogens (tertiary/aromatic N) is 2. The lowest BCUT2D eigenvalue weighted by Gasteiger charge is -2.01. The van der Waals surface area contributed by atoms with Gasteiger partial charge in [0.1, 0.15) is 5.56 Å². The molecule has 88 valence electrons. The van der Waals surface area contributed by atoms with E-state index >= 15 is 0 Å². The Bertz CT molecular complexity index is 573. The Morgan fingerprint density at radius 3 is 2.82 bits per heavy atom. The highest BCUT2D eigenvalue weighted by Gasteiger charge is 2.13. The van der Waals surface area contributed by atoms with Crippen LogP contribution in [0.4, 0.5) is 0 Å². The minimum absolute atomic E-state index is 0.123. The van der Waals surface area contributed by atoms with Crippen LogP contribution in [0.3, 0.4) is 0 Å². The molecule has 2 aromatic rings. The molecule has 0 aliphatic heterocycles. The molecule has 0 atom stereocenters. The third-order valence-electron chi connectivity index (χ3n) is 2.02. The SMILES string of the molecule is CCOC(=O)c1cnc(-c2ncc[nH]2)[nH]c1=O. The molecule has 0 saturated heterocycles. The zero-order valence-electron chi connectivity index (χ0n) is 9.06. The molecule has 0 saturated carbocycles. The van der Waals surface area contributed by atoms with E-state index in [2.05, 4.69) is 19.9 Å². The van der Waals surface area contributed by atoms with E-state index in [9.17, 15) is 9.59 Å². The summed E-state index contributed by atoms with van der Waals surface area (Å²) in [7, 11) is 0. The zero-order valence-corrected chi connectivity index (χ0v) is 9.06. The van der Waals surface area contributed by atoms with Crippen LogP contribution in [0.25, 0.3) is 11.6 Å². The Morgan fingerprint density at radius 1 is 1.41 bits per heavy atom. The van der Waals surface area contributed by atoms with Crippen molar-refractivity contribution in [1.82, 2.24) is 19.9 Å². The van der Waals surface area contributed by atoms with E-state index in [4.69, 9.17) is 4.74 Å². The maximum Gasteiger partial charge on any atom is 0.345 e. The number of hydrogen-bond acceptors (Lipinski definition) is 5. The van der Waals surface area contributed by atoms with Gasteiger partial charge >= 0.3 is 5.97 Å². The number of imidazole rings is 1. The maximum absolute atomic E-state index is 11.6. The smallest absolute Gasteiger partial charge is 0.345 e. The highest BCUT2D eigenvalue weighted by atomic mass is 16.5. The number of hydrogen-bond donors (Lipinski definition) is 2. The molecule has 2 N–H and O–H groups in total. The molecule has 7 nitrogen and oxygen atoms in total. The second kappa shape index (κ2) is 4.60. The van der Waals surface area contributed by atoms with E-state index < -0.39 is 11.5 Å². The Hall–Kier alpha value is -2.44. The Labute approximate surface area is 95.9 Å². The van der Waals surface area contributed by atoms with Gasteiger partial charge in [0.15, 0.2) is 11.6 Å². The Morgan fingerprint density at radius 2 is 2.24 bits per heavy atom. The number of aromatic amines is 2. The fraction of sp³-hybridized carbons (Fsp3) is 0.200. The van der Waals surface area contributed by atoms with Crippen molar-refractivity contribution in [1.29, 1.82) is 0 Å². The van der Waals surface area contributed by atoms with Crippen LogP contribution in [-0.2, 0) is 4.74 Å². The number of aromatic nitrogens is 4. The standard InChI is InChI=1S/C10H10N4O3/c1-2-17-10(16)6-5-13-8(14-9(6)15)7-11-3-4-12-7/h3-5H,2H2,1H3,(H,11,12)(H,13,14,15). The molecule has 7 heteroatoms. The largest absolute Gasteiger partial charge is 0.462 e. The van der Waals surface area contributed by atoms with Crippen LogP contribution in [0.2, 0.25) is 0 Å². The van der Waals surface area contributed by atoms with Gasteiger partial charge in [-0.1, -0.05) is 0 Å². The molecule has 0 spiro atoms. The van der Waals surface area contributed by atoms with Crippen LogP contribution in [0.15, 0.2) is 23.4 Å². The summed E-state index contributed by atoms with van der Waals surface area (Å²) < 4.78 is 4.72. The van der Waals surface area contributed by atoms with Gasteiger partial charge < -0.3 is 14.7 Å². The summed E-state index contributed by atoms with van der Waals surface area (Å²) in [6.07, 6.45) is 4.32. The quantitative estimate of drug-likeness (QED) is 0.745.